The molecule has 3 heterocycles. The molecule has 3 aromatic heterocycles. The van der Waals surface area contributed by atoms with Gasteiger partial charge in [-0.15, -0.1) is 10.2 Å². The van der Waals surface area contributed by atoms with Gasteiger partial charge in [-0.25, -0.2) is 9.78 Å². The number of carbonyl (C=O) groups is 1. The zero-order valence-corrected chi connectivity index (χ0v) is 19.7. The van der Waals surface area contributed by atoms with Crippen LogP contribution in [0.1, 0.15) is 24.8 Å². The first-order chi connectivity index (χ1) is 15.3. The smallest absolute Gasteiger partial charge is 0.404 e. The van der Waals surface area contributed by atoms with Gasteiger partial charge in [-0.3, -0.25) is 0 Å². The van der Waals surface area contributed by atoms with E-state index in [1.807, 2.05) is 16.8 Å². The Balaban J connectivity index is 1.69. The average Bonchev–Trinajstić information content (AvgIpc) is 3.38. The Labute approximate surface area is 187 Å². The van der Waals surface area contributed by atoms with Gasteiger partial charge in [0, 0.05) is 38.5 Å². The number of ether oxygens (including phenoxy) is 1. The number of fused-ring (bicyclic) bond motifs is 1. The molecular weight excluding hydrogens is 426 g/mol. The maximum atomic E-state index is 11.1. The molecule has 10 heteroatoms. The number of hydrogen-bond donors (Lipinski definition) is 2. The maximum absolute atomic E-state index is 11.1. The molecule has 0 radical (unpaired) electrons. The molecule has 1 amide bonds. The lowest BCUT2D eigenvalue weighted by Crippen LogP contribution is -2.34. The van der Waals surface area contributed by atoms with Crippen molar-refractivity contribution in [3.63, 3.8) is 0 Å². The minimum atomic E-state index is -1.18. The molecule has 1 unspecified atom stereocenters. The van der Waals surface area contributed by atoms with Crippen molar-refractivity contribution in [1.29, 1.82) is 0 Å². The van der Waals surface area contributed by atoms with E-state index in [2.05, 4.69) is 46.2 Å². The minimum Gasteiger partial charge on any atom is -0.465 e. The summed E-state index contributed by atoms with van der Waals surface area (Å²) in [4.78, 5) is 15.8. The second-order valence-electron chi connectivity index (χ2n) is 9.32. The highest BCUT2D eigenvalue weighted by Gasteiger charge is 2.24. The number of nitrogens with one attached hydrogen (secondary N) is 1. The van der Waals surface area contributed by atoms with E-state index in [4.69, 9.17) is 14.3 Å². The zero-order chi connectivity index (χ0) is 22.7. The van der Waals surface area contributed by atoms with Crippen LogP contribution in [0.5, 0.6) is 0 Å². The molecule has 1 atom stereocenters. The fourth-order valence-electron chi connectivity index (χ4n) is 4.00. The topological polar surface area (TPSA) is 115 Å². The van der Waals surface area contributed by atoms with Crippen molar-refractivity contribution in [2.75, 3.05) is 6.61 Å². The van der Waals surface area contributed by atoms with Crippen molar-refractivity contribution < 1.29 is 19.1 Å². The normalized spacial score (nSPS) is 16.8. The van der Waals surface area contributed by atoms with Gasteiger partial charge in [-0.1, -0.05) is 25.7 Å². The second-order valence-corrected chi connectivity index (χ2v) is 14.9. The van der Waals surface area contributed by atoms with Crippen LogP contribution in [0.2, 0.25) is 25.7 Å². The van der Waals surface area contributed by atoms with Crippen LogP contribution < -0.4 is 5.32 Å². The van der Waals surface area contributed by atoms with E-state index < -0.39 is 14.2 Å². The molecule has 32 heavy (non-hydrogen) atoms. The van der Waals surface area contributed by atoms with Gasteiger partial charge in [0.15, 0.2) is 0 Å². The van der Waals surface area contributed by atoms with Crippen molar-refractivity contribution >= 4 is 30.8 Å². The first-order valence-corrected chi connectivity index (χ1v) is 14.5. The van der Waals surface area contributed by atoms with E-state index in [0.717, 1.165) is 46.6 Å². The van der Waals surface area contributed by atoms with Gasteiger partial charge in [0.25, 0.3) is 0 Å². The number of nitrogens with zero attached hydrogens (tertiary/aromatic N) is 4. The Morgan fingerprint density at radius 3 is 2.94 bits per heavy atom. The molecule has 0 fully saturated rings. The molecule has 2 N–H and O–H groups in total. The highest BCUT2D eigenvalue weighted by molar-refractivity contribution is 6.76. The molecule has 1 aliphatic carbocycles. The maximum Gasteiger partial charge on any atom is 0.404 e. The summed E-state index contributed by atoms with van der Waals surface area (Å²) < 4.78 is 13.5. The highest BCUT2D eigenvalue weighted by Crippen LogP contribution is 2.37. The third-order valence-corrected chi connectivity index (χ3v) is 7.32. The van der Waals surface area contributed by atoms with Gasteiger partial charge in [0.05, 0.1) is 5.56 Å². The summed E-state index contributed by atoms with van der Waals surface area (Å²) in [6.07, 6.45) is 8.42. The van der Waals surface area contributed by atoms with E-state index >= 15 is 0 Å². The first-order valence-electron chi connectivity index (χ1n) is 10.8. The Bertz CT molecular complexity index is 1120. The van der Waals surface area contributed by atoms with Crippen LogP contribution in [-0.4, -0.2) is 51.7 Å². The summed E-state index contributed by atoms with van der Waals surface area (Å²) in [5, 5.41) is 20.6. The van der Waals surface area contributed by atoms with Crippen LogP contribution in [0.4, 0.5) is 4.79 Å². The largest absolute Gasteiger partial charge is 0.465 e. The molecule has 170 valence electrons. The number of pyridine rings is 1. The molecule has 0 aromatic carbocycles. The van der Waals surface area contributed by atoms with Crippen molar-refractivity contribution in [3.05, 3.63) is 36.5 Å². The zero-order valence-electron chi connectivity index (χ0n) is 18.7. The van der Waals surface area contributed by atoms with E-state index in [1.165, 1.54) is 6.39 Å². The lowest BCUT2D eigenvalue weighted by atomic mass is 9.88. The third kappa shape index (κ3) is 5.08. The Kier molecular flexibility index (Phi) is 6.42. The highest BCUT2D eigenvalue weighted by atomic mass is 28.3. The van der Waals surface area contributed by atoms with Crippen LogP contribution in [0.15, 0.2) is 35.3 Å². The predicted molar refractivity (Wildman–Crippen MR) is 124 cm³/mol. The second kappa shape index (κ2) is 9.25. The Hall–Kier alpha value is -2.98. The van der Waals surface area contributed by atoms with Gasteiger partial charge in [-0.05, 0) is 42.5 Å². The molecule has 0 bridgehead atoms. The average molecular weight is 456 g/mol. The fraction of sp³-hybridized carbons (Fsp3) is 0.455. The molecular formula is C22H29N5O4Si. The molecule has 9 nitrogen and oxygen atoms in total. The van der Waals surface area contributed by atoms with Gasteiger partial charge < -0.3 is 24.1 Å². The van der Waals surface area contributed by atoms with Crippen molar-refractivity contribution in [2.45, 2.75) is 57.7 Å². The lowest BCUT2D eigenvalue weighted by Gasteiger charge is -2.23. The summed E-state index contributed by atoms with van der Waals surface area (Å²) in [5.41, 5.74) is 3.66. The predicted octanol–water partition coefficient (Wildman–Crippen LogP) is 4.60. The van der Waals surface area contributed by atoms with Gasteiger partial charge in [-0.2, -0.15) is 0 Å². The number of hydrogen-bond acceptors (Lipinski definition) is 6. The first kappa shape index (κ1) is 22.2. The number of amides is 1. The van der Waals surface area contributed by atoms with Crippen molar-refractivity contribution in [3.8, 4) is 11.5 Å². The SMILES string of the molecule is C[Si](C)(C)CCOCn1cc(-c2nnco2)c2c(C3=CCCC(NC(=O)O)C3)ccnc21. The monoisotopic (exact) mass is 455 g/mol. The molecule has 1 aliphatic rings. The summed E-state index contributed by atoms with van der Waals surface area (Å²) in [7, 11) is -1.18. The molecule has 4 rings (SSSR count). The van der Waals surface area contributed by atoms with Crippen LogP contribution >= 0.6 is 0 Å². The molecule has 0 saturated carbocycles. The molecule has 3 aromatic rings. The molecule has 0 saturated heterocycles. The van der Waals surface area contributed by atoms with Crippen LogP contribution in [0.3, 0.4) is 0 Å². The minimum absolute atomic E-state index is 0.116. The third-order valence-electron chi connectivity index (χ3n) is 5.62. The van der Waals surface area contributed by atoms with Gasteiger partial charge >= 0.3 is 6.09 Å². The summed E-state index contributed by atoms with van der Waals surface area (Å²) in [6, 6.07) is 2.94. The van der Waals surface area contributed by atoms with E-state index in [9.17, 15) is 4.79 Å². The molecule has 0 aliphatic heterocycles. The number of allylic oxidation sites excluding steroid dienone is 1. The van der Waals surface area contributed by atoms with E-state index in [1.54, 1.807) is 6.20 Å². The number of aromatic nitrogens is 4. The lowest BCUT2D eigenvalue weighted by molar-refractivity contribution is 0.0899. The van der Waals surface area contributed by atoms with Crippen LogP contribution in [-0.2, 0) is 11.5 Å². The van der Waals surface area contributed by atoms with E-state index in [0.29, 0.717) is 25.6 Å². The fourth-order valence-corrected chi connectivity index (χ4v) is 4.76. The van der Waals surface area contributed by atoms with Crippen molar-refractivity contribution in [2.24, 2.45) is 0 Å². The van der Waals surface area contributed by atoms with Crippen LogP contribution in [0, 0.1) is 0 Å². The number of rotatable bonds is 8. The van der Waals surface area contributed by atoms with E-state index in [-0.39, 0.29) is 6.04 Å². The van der Waals surface area contributed by atoms with Gasteiger partial charge in [0.2, 0.25) is 12.3 Å². The Morgan fingerprint density at radius 1 is 1.38 bits per heavy atom. The van der Waals surface area contributed by atoms with Crippen LogP contribution in [0.25, 0.3) is 28.1 Å². The van der Waals surface area contributed by atoms with Gasteiger partial charge in [0.1, 0.15) is 12.4 Å². The Morgan fingerprint density at radius 2 is 2.22 bits per heavy atom. The number of carboxylic acid groups (broad SMARTS) is 1. The molecule has 0 spiro atoms. The quantitative estimate of drug-likeness (QED) is 0.377. The standard InChI is InChI=1S/C22H29N5O4Si/c1-32(2,3)10-9-30-14-27-12-18(21-26-24-13-31-21)19-17(7-8-23-20(19)27)15-5-4-6-16(11-15)25-22(28)29/h5,7-8,12-13,16,25H,4,6,9-11,14H2,1-3H3,(H,28,29). The summed E-state index contributed by atoms with van der Waals surface area (Å²) in [5.74, 6) is 0.418. The summed E-state index contributed by atoms with van der Waals surface area (Å²) in [6.45, 7) is 8.07. The van der Waals surface area contributed by atoms with Crippen molar-refractivity contribution in [1.82, 2.24) is 25.1 Å². The summed E-state index contributed by atoms with van der Waals surface area (Å²) >= 11 is 0.